The van der Waals surface area contributed by atoms with Gasteiger partial charge in [0.2, 0.25) is 0 Å². The van der Waals surface area contributed by atoms with E-state index in [-0.39, 0.29) is 5.78 Å². The van der Waals surface area contributed by atoms with Crippen molar-refractivity contribution in [1.82, 2.24) is 9.61 Å². The Hall–Kier alpha value is -2.36. The first-order valence-corrected chi connectivity index (χ1v) is 5.31. The number of hydrogen-bond donors (Lipinski definition) is 0. The average Bonchev–Trinajstić information content (AvgIpc) is 2.96. The van der Waals surface area contributed by atoms with Crippen molar-refractivity contribution in [1.29, 1.82) is 0 Å². The summed E-state index contributed by atoms with van der Waals surface area (Å²) in [5.41, 5.74) is 2.36. The Morgan fingerprint density at radius 1 is 1.35 bits per heavy atom. The van der Waals surface area contributed by atoms with Crippen molar-refractivity contribution in [2.75, 3.05) is 0 Å². The third-order valence-corrected chi connectivity index (χ3v) is 2.67. The molecule has 17 heavy (non-hydrogen) atoms. The second-order valence-corrected chi connectivity index (χ2v) is 3.82. The Bertz CT molecular complexity index is 653. The fourth-order valence-corrected chi connectivity index (χ4v) is 1.82. The number of fused-ring (bicyclic) bond motifs is 1. The molecule has 0 aliphatic carbocycles. The van der Waals surface area contributed by atoms with Crippen LogP contribution in [0.4, 0.5) is 0 Å². The van der Waals surface area contributed by atoms with Gasteiger partial charge in [0.05, 0.1) is 29.8 Å². The second-order valence-electron chi connectivity index (χ2n) is 3.82. The molecule has 3 aromatic heterocycles. The number of Topliss-reactive ketones (excluding diaryl/α,β-unsaturated/α-hetero) is 1. The van der Waals surface area contributed by atoms with E-state index in [0.29, 0.717) is 12.0 Å². The van der Waals surface area contributed by atoms with Crippen LogP contribution in [0, 0.1) is 0 Å². The van der Waals surface area contributed by atoms with Gasteiger partial charge in [-0.05, 0) is 23.8 Å². The SMILES string of the molecule is O=C(Cc1ccoc1)c1cnn2ccccc12. The molecule has 4 nitrogen and oxygen atoms in total. The fourth-order valence-electron chi connectivity index (χ4n) is 1.82. The lowest BCUT2D eigenvalue weighted by Crippen LogP contribution is -2.02. The summed E-state index contributed by atoms with van der Waals surface area (Å²) >= 11 is 0. The third kappa shape index (κ3) is 1.73. The number of furan rings is 1. The Kier molecular flexibility index (Phi) is 2.26. The van der Waals surface area contributed by atoms with E-state index in [4.69, 9.17) is 4.42 Å². The number of aromatic nitrogens is 2. The maximum Gasteiger partial charge on any atom is 0.171 e. The smallest absolute Gasteiger partial charge is 0.171 e. The van der Waals surface area contributed by atoms with Crippen molar-refractivity contribution in [2.24, 2.45) is 0 Å². The van der Waals surface area contributed by atoms with Crippen LogP contribution in [0.25, 0.3) is 5.52 Å². The molecule has 0 spiro atoms. The van der Waals surface area contributed by atoms with Gasteiger partial charge in [-0.25, -0.2) is 4.52 Å². The minimum atomic E-state index is 0.0487. The first kappa shape index (κ1) is 9.84. The maximum absolute atomic E-state index is 12.1. The van der Waals surface area contributed by atoms with Crippen molar-refractivity contribution in [3.8, 4) is 0 Å². The third-order valence-electron chi connectivity index (χ3n) is 2.67. The lowest BCUT2D eigenvalue weighted by atomic mass is 10.1. The predicted molar refractivity (Wildman–Crippen MR) is 61.9 cm³/mol. The molecule has 4 heteroatoms. The summed E-state index contributed by atoms with van der Waals surface area (Å²) in [6.07, 6.45) is 6.93. The van der Waals surface area contributed by atoms with Crippen molar-refractivity contribution in [2.45, 2.75) is 6.42 Å². The molecule has 0 aliphatic heterocycles. The van der Waals surface area contributed by atoms with Crippen LogP contribution in [0.2, 0.25) is 0 Å². The van der Waals surface area contributed by atoms with E-state index in [1.165, 1.54) is 0 Å². The molecule has 0 saturated heterocycles. The van der Waals surface area contributed by atoms with Gasteiger partial charge < -0.3 is 4.42 Å². The number of carbonyl (C=O) groups is 1. The monoisotopic (exact) mass is 226 g/mol. The van der Waals surface area contributed by atoms with E-state index in [1.807, 2.05) is 24.4 Å². The van der Waals surface area contributed by atoms with Crippen molar-refractivity contribution in [3.05, 3.63) is 60.3 Å². The molecule has 3 rings (SSSR count). The van der Waals surface area contributed by atoms with Gasteiger partial charge >= 0.3 is 0 Å². The molecule has 0 unspecified atom stereocenters. The van der Waals surface area contributed by atoms with Gasteiger partial charge in [0, 0.05) is 12.6 Å². The first-order valence-electron chi connectivity index (χ1n) is 5.31. The number of rotatable bonds is 3. The number of nitrogens with zero attached hydrogens (tertiary/aromatic N) is 2. The number of pyridine rings is 1. The minimum Gasteiger partial charge on any atom is -0.472 e. The molecule has 0 N–H and O–H groups in total. The first-order chi connectivity index (χ1) is 8.34. The summed E-state index contributed by atoms with van der Waals surface area (Å²) in [6, 6.07) is 7.45. The Balaban J connectivity index is 1.96. The van der Waals surface area contributed by atoms with E-state index in [0.717, 1.165) is 11.1 Å². The second kappa shape index (κ2) is 3.90. The molecule has 0 fully saturated rings. The van der Waals surface area contributed by atoms with Gasteiger partial charge in [-0.3, -0.25) is 4.79 Å². The standard InChI is InChI=1S/C13H10N2O2/c16-13(7-10-4-6-17-9-10)11-8-14-15-5-2-1-3-12(11)15/h1-6,8-9H,7H2. The lowest BCUT2D eigenvalue weighted by Gasteiger charge is -1.96. The molecule has 3 heterocycles. The van der Waals surface area contributed by atoms with E-state index in [2.05, 4.69) is 5.10 Å². The van der Waals surface area contributed by atoms with Gasteiger partial charge in [-0.2, -0.15) is 5.10 Å². The molecule has 3 aromatic rings. The van der Waals surface area contributed by atoms with Crippen LogP contribution in [0.3, 0.4) is 0 Å². The summed E-state index contributed by atoms with van der Waals surface area (Å²) < 4.78 is 6.64. The minimum absolute atomic E-state index is 0.0487. The molecule has 0 atom stereocenters. The summed E-state index contributed by atoms with van der Waals surface area (Å²) in [4.78, 5) is 12.1. The normalized spacial score (nSPS) is 10.8. The zero-order chi connectivity index (χ0) is 11.7. The molecular weight excluding hydrogens is 216 g/mol. The Morgan fingerprint density at radius 2 is 2.29 bits per heavy atom. The van der Waals surface area contributed by atoms with Crippen molar-refractivity contribution < 1.29 is 9.21 Å². The van der Waals surface area contributed by atoms with Gasteiger partial charge in [0.25, 0.3) is 0 Å². The Labute approximate surface area is 97.5 Å². The molecule has 0 radical (unpaired) electrons. The molecule has 0 aliphatic rings. The average molecular weight is 226 g/mol. The van der Waals surface area contributed by atoms with Crippen LogP contribution in [0.1, 0.15) is 15.9 Å². The highest BCUT2D eigenvalue weighted by Gasteiger charge is 2.13. The molecule has 0 saturated carbocycles. The topological polar surface area (TPSA) is 47.5 Å². The molecular formula is C13H10N2O2. The molecule has 0 bridgehead atoms. The largest absolute Gasteiger partial charge is 0.472 e. The summed E-state index contributed by atoms with van der Waals surface area (Å²) in [6.45, 7) is 0. The van der Waals surface area contributed by atoms with Crippen LogP contribution in [0.15, 0.2) is 53.6 Å². The summed E-state index contributed by atoms with van der Waals surface area (Å²) in [5, 5.41) is 4.14. The Morgan fingerprint density at radius 3 is 3.12 bits per heavy atom. The van der Waals surface area contributed by atoms with E-state index in [9.17, 15) is 4.79 Å². The highest BCUT2D eigenvalue weighted by Crippen LogP contribution is 2.13. The van der Waals surface area contributed by atoms with Crippen LogP contribution in [-0.4, -0.2) is 15.4 Å². The van der Waals surface area contributed by atoms with Gasteiger partial charge in [-0.15, -0.1) is 0 Å². The van der Waals surface area contributed by atoms with Crippen LogP contribution >= 0.6 is 0 Å². The zero-order valence-electron chi connectivity index (χ0n) is 9.04. The maximum atomic E-state index is 12.1. The van der Waals surface area contributed by atoms with E-state index < -0.39 is 0 Å². The number of ketones is 1. The zero-order valence-corrected chi connectivity index (χ0v) is 9.04. The number of carbonyl (C=O) groups excluding carboxylic acids is 1. The number of hydrogen-bond acceptors (Lipinski definition) is 3. The highest BCUT2D eigenvalue weighted by molar-refractivity contribution is 6.03. The van der Waals surface area contributed by atoms with Gasteiger partial charge in [-0.1, -0.05) is 6.07 Å². The lowest BCUT2D eigenvalue weighted by molar-refractivity contribution is 0.0994. The van der Waals surface area contributed by atoms with Crippen molar-refractivity contribution >= 4 is 11.3 Å². The van der Waals surface area contributed by atoms with E-state index in [1.54, 1.807) is 29.3 Å². The van der Waals surface area contributed by atoms with Crippen molar-refractivity contribution in [3.63, 3.8) is 0 Å². The van der Waals surface area contributed by atoms with E-state index >= 15 is 0 Å². The van der Waals surface area contributed by atoms with Crippen LogP contribution in [-0.2, 0) is 6.42 Å². The van der Waals surface area contributed by atoms with Gasteiger partial charge in [0.15, 0.2) is 5.78 Å². The predicted octanol–water partition coefficient (Wildman–Crippen LogP) is 2.35. The van der Waals surface area contributed by atoms with Gasteiger partial charge in [0.1, 0.15) is 0 Å². The molecule has 0 aromatic carbocycles. The van der Waals surface area contributed by atoms with Crippen LogP contribution in [0.5, 0.6) is 0 Å². The highest BCUT2D eigenvalue weighted by atomic mass is 16.3. The quantitative estimate of drug-likeness (QED) is 0.644. The fraction of sp³-hybridized carbons (Fsp3) is 0.0769. The summed E-state index contributed by atoms with van der Waals surface area (Å²) in [5.74, 6) is 0.0487. The van der Waals surface area contributed by atoms with Crippen LogP contribution < -0.4 is 0 Å². The summed E-state index contributed by atoms with van der Waals surface area (Å²) in [7, 11) is 0. The molecule has 0 amide bonds. The molecule has 84 valence electrons.